The Balaban J connectivity index is 1.35. The number of aromatic hydroxyl groups is 1. The fourth-order valence-electron chi connectivity index (χ4n) is 8.95. The summed E-state index contributed by atoms with van der Waals surface area (Å²) in [6, 6.07) is 20.2. The molecule has 4 aliphatic rings. The van der Waals surface area contributed by atoms with Crippen LogP contribution in [0.1, 0.15) is 35.4 Å². The van der Waals surface area contributed by atoms with Gasteiger partial charge in [0.15, 0.2) is 11.5 Å². The zero-order valence-corrected chi connectivity index (χ0v) is 31.4. The van der Waals surface area contributed by atoms with Crippen molar-refractivity contribution in [2.75, 3.05) is 17.4 Å². The molecule has 0 radical (unpaired) electrons. The van der Waals surface area contributed by atoms with Gasteiger partial charge in [-0.05, 0) is 97.5 Å². The molecule has 4 amide bonds. The monoisotopic (exact) mass is 817 g/mol. The first-order chi connectivity index (χ1) is 25.4. The number of hydrazine groups is 1. The number of nitrogens with one attached hydrogen (secondary N) is 1. The van der Waals surface area contributed by atoms with Crippen LogP contribution in [0.15, 0.2) is 95.0 Å². The molecule has 3 fully saturated rings. The lowest BCUT2D eigenvalue weighted by molar-refractivity contribution is -0.138. The molecule has 2 N–H and O–H groups in total. The van der Waals surface area contributed by atoms with E-state index < -0.39 is 58.5 Å². The summed E-state index contributed by atoms with van der Waals surface area (Å²) in [5.41, 5.74) is 4.06. The second kappa shape index (κ2) is 13.0. The number of rotatable bonds is 6. The summed E-state index contributed by atoms with van der Waals surface area (Å²) in [6.45, 7) is 1.82. The lowest BCUT2D eigenvalue weighted by Gasteiger charge is -2.50. The summed E-state index contributed by atoms with van der Waals surface area (Å²) < 4.78 is 20.0. The van der Waals surface area contributed by atoms with Crippen molar-refractivity contribution < 1.29 is 33.4 Å². The van der Waals surface area contributed by atoms with Gasteiger partial charge in [0.1, 0.15) is 5.82 Å². The number of amides is 4. The highest BCUT2D eigenvalue weighted by atomic mass is 79.9. The standard InChI is InChI=1S/C40H31BrCl2FN3O6/c1-19-3-12-25(17-31(19)43)46-36(49)27-14-13-26-28(33(27)38(46)51)18-30-37(50)47(45-24-10-8-23(44)9-11-24)39(52)40(30,20-4-6-22(42)7-5-20)34(26)29-15-21(41)16-32(53-2)35(29)48/h3-13,15-17,27-28,30,33-34,45,48H,14,18H2,1-2H3/t27-,28+,30-,33-,34+,40+/m0/s1. The number of ether oxygens (including phenoxy) is 1. The molecule has 2 heterocycles. The molecule has 2 aliphatic carbocycles. The maximum absolute atomic E-state index is 15.3. The van der Waals surface area contributed by atoms with Crippen molar-refractivity contribution in [1.82, 2.24) is 5.01 Å². The van der Waals surface area contributed by atoms with Gasteiger partial charge in [0, 0.05) is 26.0 Å². The van der Waals surface area contributed by atoms with Crippen molar-refractivity contribution in [2.45, 2.75) is 31.1 Å². The third kappa shape index (κ3) is 5.30. The number of halogens is 4. The van der Waals surface area contributed by atoms with Crippen LogP contribution in [0.25, 0.3) is 0 Å². The number of hydrogen-bond donors (Lipinski definition) is 2. The molecular weight excluding hydrogens is 788 g/mol. The van der Waals surface area contributed by atoms with E-state index in [-0.39, 0.29) is 35.8 Å². The van der Waals surface area contributed by atoms with Crippen LogP contribution in [0.3, 0.4) is 0 Å². The number of imide groups is 2. The van der Waals surface area contributed by atoms with Crippen LogP contribution in [0.4, 0.5) is 15.8 Å². The number of nitrogens with zero attached hydrogens (tertiary/aromatic N) is 2. The normalized spacial score (nSPS) is 26.3. The van der Waals surface area contributed by atoms with E-state index in [2.05, 4.69) is 21.4 Å². The molecule has 270 valence electrons. The first kappa shape index (κ1) is 35.3. The Morgan fingerprint density at radius 2 is 1.64 bits per heavy atom. The quantitative estimate of drug-likeness (QED) is 0.149. The highest BCUT2D eigenvalue weighted by Crippen LogP contribution is 2.65. The molecule has 6 atom stereocenters. The second-order valence-electron chi connectivity index (χ2n) is 13.9. The Hall–Kier alpha value is -4.71. The van der Waals surface area contributed by atoms with Gasteiger partial charge >= 0.3 is 0 Å². The summed E-state index contributed by atoms with van der Waals surface area (Å²) in [5.74, 6) is -7.02. The van der Waals surface area contributed by atoms with Crippen LogP contribution in [0.2, 0.25) is 10.0 Å². The molecule has 4 aromatic carbocycles. The topological polar surface area (TPSA) is 116 Å². The summed E-state index contributed by atoms with van der Waals surface area (Å²) in [7, 11) is 1.41. The van der Waals surface area contributed by atoms with Crippen molar-refractivity contribution in [3.63, 3.8) is 0 Å². The molecule has 1 saturated carbocycles. The Morgan fingerprint density at radius 1 is 0.925 bits per heavy atom. The number of benzene rings is 4. The van der Waals surface area contributed by atoms with E-state index in [0.29, 0.717) is 37.0 Å². The van der Waals surface area contributed by atoms with Crippen LogP contribution >= 0.6 is 39.1 Å². The zero-order valence-electron chi connectivity index (χ0n) is 28.3. The number of phenols is 1. The Kier molecular flexibility index (Phi) is 8.66. The van der Waals surface area contributed by atoms with Gasteiger partial charge in [-0.1, -0.05) is 69.0 Å². The molecule has 2 aliphatic heterocycles. The van der Waals surface area contributed by atoms with Gasteiger partial charge in [0.25, 0.3) is 11.8 Å². The molecule has 4 aromatic rings. The van der Waals surface area contributed by atoms with Gasteiger partial charge in [0.2, 0.25) is 11.8 Å². The van der Waals surface area contributed by atoms with Crippen LogP contribution < -0.4 is 15.1 Å². The van der Waals surface area contributed by atoms with Gasteiger partial charge in [-0.25, -0.2) is 9.29 Å². The Bertz CT molecular complexity index is 2270. The Labute approximate surface area is 322 Å². The number of carbonyl (C=O) groups excluding carboxylic acids is 4. The lowest BCUT2D eigenvalue weighted by Crippen LogP contribution is -2.53. The molecule has 2 saturated heterocycles. The fraction of sp³-hybridized carbons (Fsp3) is 0.250. The van der Waals surface area contributed by atoms with Gasteiger partial charge < -0.3 is 9.84 Å². The van der Waals surface area contributed by atoms with E-state index in [0.717, 1.165) is 10.6 Å². The third-order valence-corrected chi connectivity index (χ3v) is 12.4. The SMILES string of the molecule is COc1cc(Br)cc([C@H]2C3=CC[C@@H]4C(=O)N(c5ccc(C)c(Cl)c5)C(=O)[C@@H]4[C@@H]3C[C@H]3C(=O)N(Nc4ccc(F)cc4)C(=O)[C@@]23c2ccc(Cl)cc2)c1O. The number of carbonyl (C=O) groups is 4. The van der Waals surface area contributed by atoms with Crippen molar-refractivity contribution in [3.05, 3.63) is 128 Å². The molecule has 0 aromatic heterocycles. The minimum atomic E-state index is -1.68. The molecule has 13 heteroatoms. The first-order valence-electron chi connectivity index (χ1n) is 16.9. The molecule has 9 nitrogen and oxygen atoms in total. The molecular formula is C40H31BrCl2FN3O6. The van der Waals surface area contributed by atoms with Crippen molar-refractivity contribution in [1.29, 1.82) is 0 Å². The van der Waals surface area contributed by atoms with E-state index in [9.17, 15) is 23.9 Å². The third-order valence-electron chi connectivity index (χ3n) is 11.3. The van der Waals surface area contributed by atoms with E-state index in [1.165, 1.54) is 36.3 Å². The minimum Gasteiger partial charge on any atom is -0.504 e. The number of anilines is 2. The molecule has 0 unspecified atom stereocenters. The first-order valence-corrected chi connectivity index (χ1v) is 18.5. The summed E-state index contributed by atoms with van der Waals surface area (Å²) in [6.07, 6.45) is 2.11. The van der Waals surface area contributed by atoms with Crippen LogP contribution in [0.5, 0.6) is 11.5 Å². The number of fused-ring (bicyclic) bond motifs is 4. The average Bonchev–Trinajstić information content (AvgIpc) is 3.52. The van der Waals surface area contributed by atoms with Gasteiger partial charge in [-0.15, -0.1) is 0 Å². The van der Waals surface area contributed by atoms with Gasteiger partial charge in [-0.2, -0.15) is 5.01 Å². The van der Waals surface area contributed by atoms with Crippen molar-refractivity contribution in [3.8, 4) is 11.5 Å². The average molecular weight is 820 g/mol. The molecule has 0 bridgehead atoms. The Morgan fingerprint density at radius 3 is 2.32 bits per heavy atom. The van der Waals surface area contributed by atoms with E-state index in [4.69, 9.17) is 27.9 Å². The zero-order chi connectivity index (χ0) is 37.5. The smallest absolute Gasteiger partial charge is 0.260 e. The fourth-order valence-corrected chi connectivity index (χ4v) is 9.70. The number of hydrogen-bond acceptors (Lipinski definition) is 7. The lowest BCUT2D eigenvalue weighted by atomic mass is 9.49. The number of phenolic OH excluding ortho intramolecular Hbond substituents is 1. The number of methoxy groups -OCH3 is 1. The largest absolute Gasteiger partial charge is 0.504 e. The predicted molar refractivity (Wildman–Crippen MR) is 200 cm³/mol. The van der Waals surface area contributed by atoms with Crippen molar-refractivity contribution in [2.24, 2.45) is 23.7 Å². The summed E-state index contributed by atoms with van der Waals surface area (Å²) in [4.78, 5) is 60.0. The van der Waals surface area contributed by atoms with Crippen LogP contribution in [-0.4, -0.2) is 40.9 Å². The second-order valence-corrected chi connectivity index (χ2v) is 15.6. The summed E-state index contributed by atoms with van der Waals surface area (Å²) >= 11 is 16.4. The minimum absolute atomic E-state index is 0.0334. The van der Waals surface area contributed by atoms with Gasteiger partial charge in [-0.3, -0.25) is 24.6 Å². The maximum Gasteiger partial charge on any atom is 0.260 e. The molecule has 0 spiro atoms. The van der Waals surface area contributed by atoms with Crippen molar-refractivity contribution >= 4 is 74.1 Å². The van der Waals surface area contributed by atoms with Crippen LogP contribution in [-0.2, 0) is 24.6 Å². The predicted octanol–water partition coefficient (Wildman–Crippen LogP) is 8.11. The number of allylic oxidation sites excluding steroid dienone is 2. The van der Waals surface area contributed by atoms with E-state index >= 15 is 4.79 Å². The molecule has 53 heavy (non-hydrogen) atoms. The molecule has 8 rings (SSSR count). The summed E-state index contributed by atoms with van der Waals surface area (Å²) in [5, 5.41) is 13.6. The maximum atomic E-state index is 15.3. The van der Waals surface area contributed by atoms with Crippen LogP contribution in [0, 0.1) is 36.4 Å². The highest BCUT2D eigenvalue weighted by Gasteiger charge is 2.70. The van der Waals surface area contributed by atoms with Gasteiger partial charge in [0.05, 0.1) is 41.7 Å². The van der Waals surface area contributed by atoms with E-state index in [1.54, 1.807) is 54.6 Å². The highest BCUT2D eigenvalue weighted by molar-refractivity contribution is 9.10. The number of aryl methyl sites for hydroxylation is 1. The van der Waals surface area contributed by atoms with E-state index in [1.807, 2.05) is 13.0 Å².